The van der Waals surface area contributed by atoms with Crippen molar-refractivity contribution in [1.82, 2.24) is 5.16 Å². The highest BCUT2D eigenvalue weighted by atomic mass is 16.5. The lowest BCUT2D eigenvalue weighted by Crippen LogP contribution is -1.99. The zero-order valence-electron chi connectivity index (χ0n) is 5.90. The van der Waals surface area contributed by atoms with E-state index in [2.05, 4.69) is 14.4 Å². The third-order valence-corrected chi connectivity index (χ3v) is 1.15. The number of hydrogen-bond acceptors (Lipinski definition) is 4. The molecule has 0 fully saturated rings. The smallest absolute Gasteiger partial charge is 0.341 e. The molecule has 0 unspecified atom stereocenters. The van der Waals surface area contributed by atoms with E-state index >= 15 is 0 Å². The van der Waals surface area contributed by atoms with Gasteiger partial charge in [-0.1, -0.05) is 5.16 Å². The first-order chi connectivity index (χ1) is 5.25. The molecule has 0 saturated heterocycles. The van der Waals surface area contributed by atoms with Gasteiger partial charge in [-0.05, 0) is 0 Å². The molecule has 1 rings (SSSR count). The second kappa shape index (κ2) is 3.16. The molecule has 0 aliphatic carbocycles. The molecule has 0 spiro atoms. The lowest BCUT2D eigenvalue weighted by molar-refractivity contribution is 0.0688. The van der Waals surface area contributed by atoms with Gasteiger partial charge in [0.1, 0.15) is 12.2 Å². The molecule has 0 aliphatic rings. The van der Waals surface area contributed by atoms with Crippen molar-refractivity contribution in [3.05, 3.63) is 17.5 Å². The molecule has 5 nitrogen and oxygen atoms in total. The first kappa shape index (κ1) is 7.74. The zero-order chi connectivity index (χ0) is 8.27. The van der Waals surface area contributed by atoms with Crippen LogP contribution in [0.3, 0.4) is 0 Å². The quantitative estimate of drug-likeness (QED) is 0.692. The highest BCUT2D eigenvalue weighted by Crippen LogP contribution is 2.08. The Morgan fingerprint density at radius 1 is 1.91 bits per heavy atom. The van der Waals surface area contributed by atoms with Gasteiger partial charge in [-0.15, -0.1) is 0 Å². The minimum absolute atomic E-state index is 0.0480. The van der Waals surface area contributed by atoms with Crippen molar-refractivity contribution in [2.45, 2.75) is 6.61 Å². The van der Waals surface area contributed by atoms with Crippen molar-refractivity contribution in [2.24, 2.45) is 0 Å². The fraction of sp³-hybridized carbons (Fsp3) is 0.333. The Kier molecular flexibility index (Phi) is 2.22. The minimum atomic E-state index is -1.06. The van der Waals surface area contributed by atoms with Gasteiger partial charge in [0, 0.05) is 7.11 Å². The molecule has 1 N–H and O–H groups in total. The van der Waals surface area contributed by atoms with Crippen LogP contribution < -0.4 is 0 Å². The van der Waals surface area contributed by atoms with Crippen LogP contribution in [0.4, 0.5) is 0 Å². The summed E-state index contributed by atoms with van der Waals surface area (Å²) in [6, 6.07) is 0. The standard InChI is InChI=1S/C6H7NO4/c1-10-3-5-4(6(8)9)2-7-11-5/h2H,3H2,1H3,(H,8,9). The van der Waals surface area contributed by atoms with Crippen LogP contribution in [0.5, 0.6) is 0 Å². The molecule has 60 valence electrons. The first-order valence-electron chi connectivity index (χ1n) is 2.91. The maximum atomic E-state index is 10.4. The summed E-state index contributed by atoms with van der Waals surface area (Å²) in [7, 11) is 1.45. The summed E-state index contributed by atoms with van der Waals surface area (Å²) in [5.74, 6) is -0.821. The SMILES string of the molecule is COCc1oncc1C(=O)O. The summed E-state index contributed by atoms with van der Waals surface area (Å²) in [6.07, 6.45) is 1.15. The maximum Gasteiger partial charge on any atom is 0.341 e. The number of carboxylic acid groups (broad SMARTS) is 1. The molecule has 1 aromatic heterocycles. The summed E-state index contributed by atoms with van der Waals surface area (Å²) >= 11 is 0. The monoisotopic (exact) mass is 157 g/mol. The number of hydrogen-bond donors (Lipinski definition) is 1. The Morgan fingerprint density at radius 3 is 3.18 bits per heavy atom. The van der Waals surface area contributed by atoms with Gasteiger partial charge in [0.25, 0.3) is 0 Å². The zero-order valence-corrected chi connectivity index (χ0v) is 5.90. The van der Waals surface area contributed by atoms with E-state index in [1.807, 2.05) is 0 Å². The molecule has 5 heteroatoms. The van der Waals surface area contributed by atoms with Crippen molar-refractivity contribution in [2.75, 3.05) is 7.11 Å². The Morgan fingerprint density at radius 2 is 2.64 bits per heavy atom. The number of carbonyl (C=O) groups is 1. The predicted molar refractivity (Wildman–Crippen MR) is 34.2 cm³/mol. The summed E-state index contributed by atoms with van der Waals surface area (Å²) in [6.45, 7) is 0.127. The Labute approximate surface area is 62.6 Å². The van der Waals surface area contributed by atoms with Crippen LogP contribution in [0, 0.1) is 0 Å². The van der Waals surface area contributed by atoms with Crippen LogP contribution in [0.15, 0.2) is 10.7 Å². The lowest BCUT2D eigenvalue weighted by Gasteiger charge is -1.92. The second-order valence-corrected chi connectivity index (χ2v) is 1.90. The summed E-state index contributed by atoms with van der Waals surface area (Å²) < 4.78 is 9.29. The molecular formula is C6H7NO4. The van der Waals surface area contributed by atoms with E-state index in [4.69, 9.17) is 5.11 Å². The number of methoxy groups -OCH3 is 1. The Bertz CT molecular complexity index is 255. The van der Waals surface area contributed by atoms with Gasteiger partial charge in [-0.25, -0.2) is 4.79 Å². The third kappa shape index (κ3) is 1.56. The molecular weight excluding hydrogens is 150 g/mol. The third-order valence-electron chi connectivity index (χ3n) is 1.15. The van der Waals surface area contributed by atoms with Crippen molar-refractivity contribution in [3.8, 4) is 0 Å². The van der Waals surface area contributed by atoms with Crippen molar-refractivity contribution in [1.29, 1.82) is 0 Å². The van der Waals surface area contributed by atoms with Crippen LogP contribution in [-0.2, 0) is 11.3 Å². The molecule has 0 aliphatic heterocycles. The highest BCUT2D eigenvalue weighted by Gasteiger charge is 2.13. The molecule has 0 amide bonds. The van der Waals surface area contributed by atoms with E-state index in [9.17, 15) is 4.79 Å². The molecule has 11 heavy (non-hydrogen) atoms. The normalized spacial score (nSPS) is 9.91. The van der Waals surface area contributed by atoms with E-state index in [-0.39, 0.29) is 17.9 Å². The number of aromatic nitrogens is 1. The Hall–Kier alpha value is -1.36. The van der Waals surface area contributed by atoms with Gasteiger partial charge in [-0.2, -0.15) is 0 Å². The topological polar surface area (TPSA) is 72.6 Å². The van der Waals surface area contributed by atoms with E-state index < -0.39 is 5.97 Å². The largest absolute Gasteiger partial charge is 0.478 e. The molecule has 0 atom stereocenters. The summed E-state index contributed by atoms with van der Waals surface area (Å²) in [4.78, 5) is 10.4. The fourth-order valence-corrected chi connectivity index (χ4v) is 0.674. The van der Waals surface area contributed by atoms with Crippen LogP contribution >= 0.6 is 0 Å². The van der Waals surface area contributed by atoms with Gasteiger partial charge in [-0.3, -0.25) is 0 Å². The van der Waals surface area contributed by atoms with E-state index in [0.717, 1.165) is 6.20 Å². The first-order valence-corrected chi connectivity index (χ1v) is 2.91. The maximum absolute atomic E-state index is 10.4. The lowest BCUT2D eigenvalue weighted by atomic mass is 10.3. The van der Waals surface area contributed by atoms with Gasteiger partial charge in [0.15, 0.2) is 5.76 Å². The van der Waals surface area contributed by atoms with Crippen molar-refractivity contribution in [3.63, 3.8) is 0 Å². The second-order valence-electron chi connectivity index (χ2n) is 1.90. The average Bonchev–Trinajstić information content (AvgIpc) is 2.36. The van der Waals surface area contributed by atoms with Crippen molar-refractivity contribution >= 4 is 5.97 Å². The number of rotatable bonds is 3. The van der Waals surface area contributed by atoms with Gasteiger partial charge >= 0.3 is 5.97 Å². The minimum Gasteiger partial charge on any atom is -0.478 e. The summed E-state index contributed by atoms with van der Waals surface area (Å²) in [5.41, 5.74) is 0.0480. The summed E-state index contributed by atoms with van der Waals surface area (Å²) in [5, 5.41) is 11.9. The number of nitrogens with zero attached hydrogens (tertiary/aromatic N) is 1. The molecule has 1 heterocycles. The number of aromatic carboxylic acids is 1. The average molecular weight is 157 g/mol. The van der Waals surface area contributed by atoms with E-state index in [1.165, 1.54) is 7.11 Å². The fourth-order valence-electron chi connectivity index (χ4n) is 0.674. The van der Waals surface area contributed by atoms with Crippen molar-refractivity contribution < 1.29 is 19.2 Å². The Balaban J connectivity index is 2.87. The molecule has 0 bridgehead atoms. The number of ether oxygens (including phenoxy) is 1. The number of carboxylic acids is 1. The van der Waals surface area contributed by atoms with E-state index in [1.54, 1.807) is 0 Å². The van der Waals surface area contributed by atoms with Gasteiger partial charge < -0.3 is 14.4 Å². The molecule has 0 aromatic carbocycles. The predicted octanol–water partition coefficient (Wildman–Crippen LogP) is 0.519. The van der Waals surface area contributed by atoms with Gasteiger partial charge in [0.05, 0.1) is 6.20 Å². The molecule has 1 aromatic rings. The van der Waals surface area contributed by atoms with Crippen LogP contribution in [-0.4, -0.2) is 23.3 Å². The van der Waals surface area contributed by atoms with Gasteiger partial charge in [0.2, 0.25) is 0 Å². The highest BCUT2D eigenvalue weighted by molar-refractivity contribution is 5.88. The van der Waals surface area contributed by atoms with E-state index in [0.29, 0.717) is 0 Å². The van der Waals surface area contributed by atoms with Crippen LogP contribution in [0.2, 0.25) is 0 Å². The molecule has 0 radical (unpaired) electrons. The molecule has 0 saturated carbocycles. The van der Waals surface area contributed by atoms with Crippen LogP contribution in [0.1, 0.15) is 16.1 Å². The van der Waals surface area contributed by atoms with Crippen LogP contribution in [0.25, 0.3) is 0 Å².